The fourth-order valence-corrected chi connectivity index (χ4v) is 11.9. The summed E-state index contributed by atoms with van der Waals surface area (Å²) in [6, 6.07) is 53.6. The Kier molecular flexibility index (Phi) is 9.08. The largest absolute Gasteiger partial charge is 0.369 e. The maximum Gasteiger partial charge on any atom is 0.0867 e. The summed E-state index contributed by atoms with van der Waals surface area (Å²) in [6.45, 7) is 5.71. The van der Waals surface area contributed by atoms with Crippen molar-refractivity contribution in [1.29, 1.82) is 0 Å². The molecule has 1 aliphatic heterocycles. The number of fused-ring (bicyclic) bond motifs is 1. The Balaban J connectivity index is 1.42. The molecule has 0 N–H and O–H groups in total. The SMILES string of the molecule is CC(C(CP(c1ccccc1)c1ccccc1)C1OCc2ccccc21)C(C)P(c1ccccc1)c1ccccc1. The van der Waals surface area contributed by atoms with E-state index in [1.165, 1.54) is 32.3 Å². The molecule has 0 aromatic heterocycles. The summed E-state index contributed by atoms with van der Waals surface area (Å²) in [5.74, 6) is 0.813. The van der Waals surface area contributed by atoms with E-state index in [1.807, 2.05) is 0 Å². The molecule has 1 aliphatic rings. The normalized spacial score (nSPS) is 16.8. The van der Waals surface area contributed by atoms with E-state index in [4.69, 9.17) is 4.74 Å². The van der Waals surface area contributed by atoms with Crippen molar-refractivity contribution in [3.05, 3.63) is 157 Å². The van der Waals surface area contributed by atoms with E-state index in [-0.39, 0.29) is 6.10 Å². The smallest absolute Gasteiger partial charge is 0.0867 e. The van der Waals surface area contributed by atoms with Gasteiger partial charge in [-0.1, -0.05) is 159 Å². The van der Waals surface area contributed by atoms with Crippen LogP contribution in [-0.4, -0.2) is 11.8 Å². The summed E-state index contributed by atoms with van der Waals surface area (Å²) in [4.78, 5) is 0. The van der Waals surface area contributed by atoms with Crippen molar-refractivity contribution in [2.24, 2.45) is 11.8 Å². The molecule has 1 heterocycles. The molecule has 0 radical (unpaired) electrons. The lowest BCUT2D eigenvalue weighted by molar-refractivity contribution is 0.0130. The molecule has 6 rings (SSSR count). The summed E-state index contributed by atoms with van der Waals surface area (Å²) in [5.41, 5.74) is 3.20. The minimum Gasteiger partial charge on any atom is -0.369 e. The molecular weight excluding hydrogens is 534 g/mol. The first-order valence-electron chi connectivity index (χ1n) is 14.7. The summed E-state index contributed by atoms with van der Waals surface area (Å²) in [7, 11) is -1.10. The first-order chi connectivity index (χ1) is 20.2. The summed E-state index contributed by atoms with van der Waals surface area (Å²) in [5, 5.41) is 5.79. The third-order valence-electron chi connectivity index (χ3n) is 8.61. The minimum absolute atomic E-state index is 0.101. The zero-order valence-electron chi connectivity index (χ0n) is 23.9. The maximum absolute atomic E-state index is 6.74. The average Bonchev–Trinajstić information content (AvgIpc) is 3.47. The Morgan fingerprint density at radius 1 is 0.585 bits per heavy atom. The summed E-state index contributed by atoms with van der Waals surface area (Å²) in [6.07, 6.45) is 1.20. The van der Waals surface area contributed by atoms with Gasteiger partial charge < -0.3 is 4.74 Å². The number of benzene rings is 5. The quantitative estimate of drug-likeness (QED) is 0.153. The summed E-state index contributed by atoms with van der Waals surface area (Å²) >= 11 is 0. The summed E-state index contributed by atoms with van der Waals surface area (Å²) < 4.78 is 6.74. The van der Waals surface area contributed by atoms with Gasteiger partial charge in [0.1, 0.15) is 0 Å². The fourth-order valence-electron chi connectivity index (χ4n) is 6.28. The second kappa shape index (κ2) is 13.3. The lowest BCUT2D eigenvalue weighted by Gasteiger charge is -2.39. The van der Waals surface area contributed by atoms with Crippen molar-refractivity contribution in [3.8, 4) is 0 Å². The van der Waals surface area contributed by atoms with Gasteiger partial charge in [0.05, 0.1) is 12.7 Å². The monoisotopic (exact) mass is 572 g/mol. The Labute approximate surface area is 248 Å². The van der Waals surface area contributed by atoms with Gasteiger partial charge in [-0.3, -0.25) is 0 Å². The van der Waals surface area contributed by atoms with Crippen LogP contribution < -0.4 is 21.2 Å². The van der Waals surface area contributed by atoms with Crippen molar-refractivity contribution in [3.63, 3.8) is 0 Å². The van der Waals surface area contributed by atoms with E-state index < -0.39 is 15.8 Å². The third-order valence-corrected chi connectivity index (χ3v) is 14.2. The van der Waals surface area contributed by atoms with Crippen molar-refractivity contribution >= 4 is 37.1 Å². The van der Waals surface area contributed by atoms with Gasteiger partial charge >= 0.3 is 0 Å². The van der Waals surface area contributed by atoms with Crippen LogP contribution in [0.3, 0.4) is 0 Å². The van der Waals surface area contributed by atoms with Crippen LogP contribution in [-0.2, 0) is 11.3 Å². The van der Waals surface area contributed by atoms with E-state index in [1.54, 1.807) is 0 Å². The maximum atomic E-state index is 6.74. The lowest BCUT2D eigenvalue weighted by atomic mass is 9.84. The lowest BCUT2D eigenvalue weighted by Crippen LogP contribution is -2.34. The molecule has 206 valence electrons. The molecule has 5 aromatic rings. The molecule has 4 atom stereocenters. The highest BCUT2D eigenvalue weighted by Crippen LogP contribution is 2.52. The zero-order valence-corrected chi connectivity index (χ0v) is 25.7. The topological polar surface area (TPSA) is 9.23 Å². The van der Waals surface area contributed by atoms with E-state index in [0.717, 1.165) is 6.16 Å². The Bertz CT molecular complexity index is 1430. The Morgan fingerprint density at radius 3 is 1.54 bits per heavy atom. The van der Waals surface area contributed by atoms with Gasteiger partial charge in [0, 0.05) is 0 Å². The van der Waals surface area contributed by atoms with E-state index in [0.29, 0.717) is 24.1 Å². The molecule has 0 spiro atoms. The van der Waals surface area contributed by atoms with Crippen LogP contribution in [0.15, 0.2) is 146 Å². The predicted octanol–water partition coefficient (Wildman–Crippen LogP) is 8.16. The van der Waals surface area contributed by atoms with Crippen molar-refractivity contribution < 1.29 is 4.74 Å². The van der Waals surface area contributed by atoms with Crippen LogP contribution in [0, 0.1) is 11.8 Å². The van der Waals surface area contributed by atoms with Gasteiger partial charge in [-0.25, -0.2) is 0 Å². The zero-order chi connectivity index (χ0) is 28.0. The second-order valence-electron chi connectivity index (χ2n) is 11.0. The van der Waals surface area contributed by atoms with Crippen LogP contribution in [0.25, 0.3) is 0 Å². The average molecular weight is 573 g/mol. The third kappa shape index (κ3) is 6.24. The highest BCUT2D eigenvalue weighted by molar-refractivity contribution is 7.73. The number of ether oxygens (including phenoxy) is 1. The van der Waals surface area contributed by atoms with E-state index in [9.17, 15) is 0 Å². The fraction of sp³-hybridized carbons (Fsp3) is 0.211. The van der Waals surface area contributed by atoms with E-state index in [2.05, 4.69) is 159 Å². The first kappa shape index (κ1) is 28.1. The first-order valence-corrected chi connectivity index (χ1v) is 17.6. The second-order valence-corrected chi connectivity index (χ2v) is 15.9. The number of rotatable bonds is 10. The Morgan fingerprint density at radius 2 is 1.02 bits per heavy atom. The molecule has 1 nitrogen and oxygen atoms in total. The molecule has 0 aliphatic carbocycles. The predicted molar refractivity (Wildman–Crippen MR) is 179 cm³/mol. The molecule has 41 heavy (non-hydrogen) atoms. The molecule has 0 fully saturated rings. The molecule has 0 bridgehead atoms. The Hall–Kier alpha value is -3.08. The highest BCUT2D eigenvalue weighted by atomic mass is 31.1. The van der Waals surface area contributed by atoms with Crippen LogP contribution in [0.2, 0.25) is 0 Å². The number of hydrogen-bond donors (Lipinski definition) is 0. The number of hydrogen-bond acceptors (Lipinski definition) is 1. The molecule has 0 amide bonds. The van der Waals surface area contributed by atoms with Gasteiger partial charge in [0.2, 0.25) is 0 Å². The van der Waals surface area contributed by atoms with Gasteiger partial charge in [-0.05, 0) is 71.8 Å². The van der Waals surface area contributed by atoms with E-state index >= 15 is 0 Å². The molecule has 0 saturated carbocycles. The van der Waals surface area contributed by atoms with Gasteiger partial charge in [0.25, 0.3) is 0 Å². The van der Waals surface area contributed by atoms with Crippen molar-refractivity contribution in [1.82, 2.24) is 0 Å². The van der Waals surface area contributed by atoms with Crippen molar-refractivity contribution in [2.75, 3.05) is 6.16 Å². The molecule has 4 unspecified atom stereocenters. The molecule has 0 saturated heterocycles. The molecule has 5 aromatic carbocycles. The standard InChI is InChI=1S/C38H38OP2/c1-29(30(2)41(34-22-11-5-12-23-34)35-24-13-6-14-25-35)37(38-36-26-16-15-17-31(36)27-39-38)28-40(32-18-7-3-8-19-32)33-20-9-4-10-21-33/h3-26,29-30,37-38H,27-28H2,1-2H3. The van der Waals surface area contributed by atoms with Gasteiger partial charge in [-0.15, -0.1) is 0 Å². The van der Waals surface area contributed by atoms with Crippen LogP contribution in [0.4, 0.5) is 0 Å². The van der Waals surface area contributed by atoms with Crippen LogP contribution in [0.1, 0.15) is 31.1 Å². The highest BCUT2D eigenvalue weighted by Gasteiger charge is 2.40. The van der Waals surface area contributed by atoms with Crippen molar-refractivity contribution in [2.45, 2.75) is 32.2 Å². The van der Waals surface area contributed by atoms with Gasteiger partial charge in [-0.2, -0.15) is 0 Å². The van der Waals surface area contributed by atoms with Crippen LogP contribution >= 0.6 is 15.8 Å². The molecule has 3 heteroatoms. The van der Waals surface area contributed by atoms with Crippen LogP contribution in [0.5, 0.6) is 0 Å². The minimum atomic E-state index is -0.553. The molecular formula is C38H38OP2. The van der Waals surface area contributed by atoms with Gasteiger partial charge in [0.15, 0.2) is 0 Å².